The molecule has 3 rings (SSSR count). The number of amides is 3. The molecule has 6 nitrogen and oxygen atoms in total. The lowest BCUT2D eigenvalue weighted by Gasteiger charge is -2.23. The Bertz CT molecular complexity index is 412. The Balaban J connectivity index is 2.04. The van der Waals surface area contributed by atoms with Crippen LogP contribution < -0.4 is 16.1 Å². The van der Waals surface area contributed by atoms with Gasteiger partial charge in [0.25, 0.3) is 0 Å². The molecular formula is C9H10N4O2. The van der Waals surface area contributed by atoms with E-state index in [1.54, 1.807) is 0 Å². The molecule has 0 aromatic heterocycles. The van der Waals surface area contributed by atoms with Crippen molar-refractivity contribution in [1.29, 1.82) is 0 Å². The SMILES string of the molecule is O=C1NC(=O)C2CN3NCC=CC3=C2N1. The average molecular weight is 206 g/mol. The molecule has 6 heteroatoms. The monoisotopic (exact) mass is 206 g/mol. The first-order valence-corrected chi connectivity index (χ1v) is 4.79. The third kappa shape index (κ3) is 1.15. The summed E-state index contributed by atoms with van der Waals surface area (Å²) in [4.78, 5) is 22.7. The third-order valence-corrected chi connectivity index (χ3v) is 2.76. The van der Waals surface area contributed by atoms with Crippen LogP contribution in [0.25, 0.3) is 0 Å². The molecule has 0 aromatic rings. The molecule has 15 heavy (non-hydrogen) atoms. The Morgan fingerprint density at radius 2 is 2.20 bits per heavy atom. The van der Waals surface area contributed by atoms with Crippen molar-refractivity contribution >= 4 is 11.9 Å². The fourth-order valence-corrected chi connectivity index (χ4v) is 2.08. The third-order valence-electron chi connectivity index (χ3n) is 2.76. The number of carbonyl (C=O) groups excluding carboxylic acids is 2. The molecule has 0 aliphatic carbocycles. The van der Waals surface area contributed by atoms with Gasteiger partial charge >= 0.3 is 6.03 Å². The van der Waals surface area contributed by atoms with Crippen molar-refractivity contribution < 1.29 is 9.59 Å². The predicted molar refractivity (Wildman–Crippen MR) is 51.0 cm³/mol. The molecule has 3 N–H and O–H groups in total. The number of rotatable bonds is 0. The van der Waals surface area contributed by atoms with E-state index < -0.39 is 6.03 Å². The van der Waals surface area contributed by atoms with E-state index in [0.29, 0.717) is 12.2 Å². The highest BCUT2D eigenvalue weighted by molar-refractivity contribution is 6.01. The van der Waals surface area contributed by atoms with Crippen molar-refractivity contribution in [2.45, 2.75) is 0 Å². The number of urea groups is 1. The second kappa shape index (κ2) is 2.83. The van der Waals surface area contributed by atoms with E-state index in [9.17, 15) is 9.59 Å². The first kappa shape index (κ1) is 8.49. The first-order valence-electron chi connectivity index (χ1n) is 4.79. The van der Waals surface area contributed by atoms with Crippen molar-refractivity contribution in [3.63, 3.8) is 0 Å². The van der Waals surface area contributed by atoms with Crippen LogP contribution in [0.4, 0.5) is 4.79 Å². The van der Waals surface area contributed by atoms with Gasteiger partial charge in [-0.25, -0.2) is 10.2 Å². The summed E-state index contributed by atoms with van der Waals surface area (Å²) in [5, 5.41) is 6.84. The number of fused-ring (bicyclic) bond motifs is 2. The number of nitrogens with zero attached hydrogens (tertiary/aromatic N) is 1. The summed E-state index contributed by atoms with van der Waals surface area (Å²) in [6, 6.07) is -0.445. The van der Waals surface area contributed by atoms with Gasteiger partial charge in [0.15, 0.2) is 0 Å². The highest BCUT2D eigenvalue weighted by Crippen LogP contribution is 2.28. The van der Waals surface area contributed by atoms with E-state index in [2.05, 4.69) is 16.1 Å². The molecule has 0 bridgehead atoms. The Morgan fingerprint density at radius 1 is 1.33 bits per heavy atom. The zero-order chi connectivity index (χ0) is 10.4. The Labute approximate surface area is 86.0 Å². The molecule has 1 saturated heterocycles. The van der Waals surface area contributed by atoms with Crippen molar-refractivity contribution in [3.05, 3.63) is 23.5 Å². The second-order valence-corrected chi connectivity index (χ2v) is 3.67. The molecule has 3 aliphatic rings. The van der Waals surface area contributed by atoms with Gasteiger partial charge in [0.05, 0.1) is 23.9 Å². The van der Waals surface area contributed by atoms with E-state index >= 15 is 0 Å². The van der Waals surface area contributed by atoms with E-state index in [1.165, 1.54) is 0 Å². The lowest BCUT2D eigenvalue weighted by molar-refractivity contribution is -0.123. The molecule has 0 radical (unpaired) electrons. The topological polar surface area (TPSA) is 73.5 Å². The van der Waals surface area contributed by atoms with Gasteiger partial charge in [-0.2, -0.15) is 0 Å². The number of allylic oxidation sites excluding steroid dienone is 1. The molecule has 1 fully saturated rings. The van der Waals surface area contributed by atoms with Crippen LogP contribution in [0.1, 0.15) is 0 Å². The molecule has 3 amide bonds. The van der Waals surface area contributed by atoms with Crippen molar-refractivity contribution in [1.82, 2.24) is 21.1 Å². The van der Waals surface area contributed by atoms with Crippen LogP contribution in [0.3, 0.4) is 0 Å². The minimum Gasteiger partial charge on any atom is -0.308 e. The number of hydrogen-bond acceptors (Lipinski definition) is 4. The van der Waals surface area contributed by atoms with Crippen molar-refractivity contribution in [2.75, 3.05) is 13.1 Å². The van der Waals surface area contributed by atoms with Crippen LogP contribution in [0.5, 0.6) is 0 Å². The lowest BCUT2D eigenvalue weighted by atomic mass is 10.0. The molecule has 0 aromatic carbocycles. The minimum absolute atomic E-state index is 0.231. The number of hydrogen-bond donors (Lipinski definition) is 3. The van der Waals surface area contributed by atoms with Gasteiger partial charge in [0.1, 0.15) is 0 Å². The zero-order valence-corrected chi connectivity index (χ0v) is 7.91. The number of carbonyl (C=O) groups is 2. The smallest absolute Gasteiger partial charge is 0.308 e. The van der Waals surface area contributed by atoms with Gasteiger partial charge in [0.2, 0.25) is 5.91 Å². The fraction of sp³-hybridized carbons (Fsp3) is 0.333. The summed E-state index contributed by atoms with van der Waals surface area (Å²) in [5.74, 6) is -0.501. The van der Waals surface area contributed by atoms with Gasteiger partial charge in [-0.05, 0) is 6.08 Å². The summed E-state index contributed by atoms with van der Waals surface area (Å²) in [5.41, 5.74) is 4.72. The van der Waals surface area contributed by atoms with Crippen LogP contribution in [-0.4, -0.2) is 30.0 Å². The predicted octanol–water partition coefficient (Wildman–Crippen LogP) is -0.956. The van der Waals surface area contributed by atoms with E-state index in [1.807, 2.05) is 17.2 Å². The molecular weight excluding hydrogens is 196 g/mol. The number of nitrogens with one attached hydrogen (secondary N) is 3. The Morgan fingerprint density at radius 3 is 3.07 bits per heavy atom. The Hall–Kier alpha value is -1.82. The normalized spacial score (nSPS) is 28.5. The van der Waals surface area contributed by atoms with Crippen molar-refractivity contribution in [2.24, 2.45) is 5.92 Å². The largest absolute Gasteiger partial charge is 0.325 e. The quantitative estimate of drug-likeness (QED) is 0.477. The van der Waals surface area contributed by atoms with Crippen LogP contribution in [0.15, 0.2) is 23.5 Å². The van der Waals surface area contributed by atoms with Gasteiger partial charge in [-0.1, -0.05) is 6.08 Å². The fourth-order valence-electron chi connectivity index (χ4n) is 2.08. The van der Waals surface area contributed by atoms with Crippen LogP contribution in [0.2, 0.25) is 0 Å². The second-order valence-electron chi connectivity index (χ2n) is 3.67. The highest BCUT2D eigenvalue weighted by atomic mass is 16.2. The minimum atomic E-state index is -0.445. The molecule has 78 valence electrons. The van der Waals surface area contributed by atoms with Gasteiger partial charge in [-0.3, -0.25) is 10.1 Å². The molecule has 0 spiro atoms. The van der Waals surface area contributed by atoms with E-state index in [4.69, 9.17) is 0 Å². The number of imide groups is 1. The van der Waals surface area contributed by atoms with Crippen LogP contribution in [0, 0.1) is 5.92 Å². The lowest BCUT2D eigenvalue weighted by Crippen LogP contribution is -2.50. The first-order chi connectivity index (χ1) is 7.25. The van der Waals surface area contributed by atoms with Gasteiger partial charge < -0.3 is 10.3 Å². The zero-order valence-electron chi connectivity index (χ0n) is 7.91. The Kier molecular flexibility index (Phi) is 1.60. The van der Waals surface area contributed by atoms with Crippen molar-refractivity contribution in [3.8, 4) is 0 Å². The van der Waals surface area contributed by atoms with E-state index in [0.717, 1.165) is 12.2 Å². The average Bonchev–Trinajstić information content (AvgIpc) is 2.57. The summed E-state index contributed by atoms with van der Waals surface area (Å²) >= 11 is 0. The maximum atomic E-state index is 11.5. The molecule has 3 heterocycles. The molecule has 3 aliphatic heterocycles. The molecule has 1 atom stereocenters. The summed E-state index contributed by atoms with van der Waals surface area (Å²) in [7, 11) is 0. The number of hydrazine groups is 1. The summed E-state index contributed by atoms with van der Waals surface area (Å²) < 4.78 is 0. The van der Waals surface area contributed by atoms with Crippen LogP contribution >= 0.6 is 0 Å². The standard InChI is InChI=1S/C9H10N4O2/c14-8-5-4-13-6(2-1-3-10-13)7(5)11-9(15)12-8/h1-2,5,10H,3-4H2,(H2,11,12,14,15). The van der Waals surface area contributed by atoms with Gasteiger partial charge in [0, 0.05) is 6.54 Å². The molecule has 0 saturated carbocycles. The van der Waals surface area contributed by atoms with E-state index in [-0.39, 0.29) is 11.8 Å². The summed E-state index contributed by atoms with van der Waals surface area (Å²) in [6.07, 6.45) is 3.88. The van der Waals surface area contributed by atoms with Gasteiger partial charge in [-0.15, -0.1) is 0 Å². The molecule has 1 unspecified atom stereocenters. The summed E-state index contributed by atoms with van der Waals surface area (Å²) in [6.45, 7) is 1.32. The maximum absolute atomic E-state index is 11.5. The van der Waals surface area contributed by atoms with Crippen LogP contribution in [-0.2, 0) is 4.79 Å². The maximum Gasteiger partial charge on any atom is 0.325 e. The highest BCUT2D eigenvalue weighted by Gasteiger charge is 2.40.